The van der Waals surface area contributed by atoms with Crippen molar-refractivity contribution in [3.8, 4) is 44.5 Å². The monoisotopic (exact) mass is 772 g/mol. The number of furan rings is 1. The van der Waals surface area contributed by atoms with Crippen LogP contribution < -0.4 is 0 Å². The molecule has 282 valence electrons. The topological polar surface area (TPSA) is 13.1 Å². The van der Waals surface area contributed by atoms with Gasteiger partial charge in [0.1, 0.15) is 11.2 Å². The van der Waals surface area contributed by atoms with E-state index >= 15 is 0 Å². The van der Waals surface area contributed by atoms with E-state index in [-0.39, 0.29) is 0 Å². The van der Waals surface area contributed by atoms with Crippen molar-refractivity contribution in [2.75, 3.05) is 0 Å². The van der Waals surface area contributed by atoms with E-state index in [9.17, 15) is 0 Å². The Morgan fingerprint density at radius 2 is 0.574 bits per heavy atom. The molecular weight excluding hydrogens is 737 g/mol. The standard InChI is InChI=1S/C60H36O/c1-8-23-50(39(15-1)37-29-31-47-44-19-4-3-17-42(44)43-18-5-7-21-46(43)56(47)35-37)59-51-24-9-11-26-53(51)60(54-27-12-10-25-52(54)59)55-34-33-40(41-16-2-6-20-45(41)55)38-30-32-49-48-22-13-14-28-57(48)61-58(49)36-38/h1-36H. The van der Waals surface area contributed by atoms with Gasteiger partial charge in [0.2, 0.25) is 0 Å². The van der Waals surface area contributed by atoms with Gasteiger partial charge >= 0.3 is 0 Å². The third-order valence-corrected chi connectivity index (χ3v) is 13.1. The van der Waals surface area contributed by atoms with Gasteiger partial charge in [-0.3, -0.25) is 0 Å². The highest BCUT2D eigenvalue weighted by molar-refractivity contribution is 6.27. The molecule has 0 spiro atoms. The second-order valence-corrected chi connectivity index (χ2v) is 16.3. The highest BCUT2D eigenvalue weighted by atomic mass is 16.3. The van der Waals surface area contributed by atoms with Crippen LogP contribution >= 0.6 is 0 Å². The number of rotatable bonds is 4. The molecule has 0 radical (unpaired) electrons. The first kappa shape index (κ1) is 33.9. The van der Waals surface area contributed by atoms with Crippen molar-refractivity contribution in [3.63, 3.8) is 0 Å². The minimum absolute atomic E-state index is 0.908. The molecule has 0 atom stereocenters. The second-order valence-electron chi connectivity index (χ2n) is 16.3. The molecule has 0 N–H and O–H groups in total. The lowest BCUT2D eigenvalue weighted by Gasteiger charge is -2.21. The normalized spacial score (nSPS) is 11.9. The summed E-state index contributed by atoms with van der Waals surface area (Å²) in [5.74, 6) is 0. The van der Waals surface area contributed by atoms with Crippen molar-refractivity contribution >= 4 is 86.6 Å². The third kappa shape index (κ3) is 5.08. The van der Waals surface area contributed by atoms with Crippen LogP contribution in [0.25, 0.3) is 131 Å². The van der Waals surface area contributed by atoms with Gasteiger partial charge in [-0.1, -0.05) is 194 Å². The zero-order valence-corrected chi connectivity index (χ0v) is 33.2. The van der Waals surface area contributed by atoms with Gasteiger partial charge in [-0.25, -0.2) is 0 Å². The fourth-order valence-corrected chi connectivity index (χ4v) is 10.4. The molecule has 0 bridgehead atoms. The molecule has 0 saturated carbocycles. The molecule has 0 aliphatic carbocycles. The average molecular weight is 773 g/mol. The number of para-hydroxylation sites is 1. The molecule has 0 unspecified atom stereocenters. The van der Waals surface area contributed by atoms with Crippen LogP contribution in [0.1, 0.15) is 0 Å². The Kier molecular flexibility index (Phi) is 7.37. The van der Waals surface area contributed by atoms with Crippen molar-refractivity contribution in [2.24, 2.45) is 0 Å². The Morgan fingerprint density at radius 3 is 1.18 bits per heavy atom. The lowest BCUT2D eigenvalue weighted by atomic mass is 9.82. The molecule has 61 heavy (non-hydrogen) atoms. The number of fused-ring (bicyclic) bond motifs is 12. The molecular formula is C60H36O. The summed E-state index contributed by atoms with van der Waals surface area (Å²) in [6, 6.07) is 80.2. The van der Waals surface area contributed by atoms with E-state index in [2.05, 4.69) is 206 Å². The summed E-state index contributed by atoms with van der Waals surface area (Å²) in [5, 5.41) is 17.4. The van der Waals surface area contributed by atoms with Gasteiger partial charge in [0, 0.05) is 10.8 Å². The second kappa shape index (κ2) is 13.3. The Hall–Kier alpha value is -8.00. The van der Waals surface area contributed by atoms with Crippen LogP contribution in [0.3, 0.4) is 0 Å². The Labute approximate surface area is 352 Å². The summed E-state index contributed by atoms with van der Waals surface area (Å²) in [7, 11) is 0. The van der Waals surface area contributed by atoms with Crippen molar-refractivity contribution in [1.29, 1.82) is 0 Å². The van der Waals surface area contributed by atoms with Crippen molar-refractivity contribution in [2.45, 2.75) is 0 Å². The van der Waals surface area contributed by atoms with Gasteiger partial charge < -0.3 is 4.42 Å². The number of benzene rings is 12. The van der Waals surface area contributed by atoms with E-state index in [1.807, 2.05) is 12.1 Å². The fraction of sp³-hybridized carbons (Fsp3) is 0. The van der Waals surface area contributed by atoms with Crippen molar-refractivity contribution < 1.29 is 4.42 Å². The molecule has 0 aliphatic heterocycles. The number of hydrogen-bond acceptors (Lipinski definition) is 1. The first-order valence-corrected chi connectivity index (χ1v) is 21.1. The van der Waals surface area contributed by atoms with E-state index in [1.165, 1.54) is 104 Å². The van der Waals surface area contributed by atoms with Crippen LogP contribution in [-0.2, 0) is 0 Å². The summed E-state index contributed by atoms with van der Waals surface area (Å²) in [5.41, 5.74) is 11.6. The van der Waals surface area contributed by atoms with Gasteiger partial charge in [0.15, 0.2) is 0 Å². The molecule has 0 fully saturated rings. The maximum absolute atomic E-state index is 6.35. The van der Waals surface area contributed by atoms with Crippen LogP contribution in [0.4, 0.5) is 0 Å². The van der Waals surface area contributed by atoms with Crippen LogP contribution in [0.15, 0.2) is 223 Å². The van der Waals surface area contributed by atoms with E-state index in [1.54, 1.807) is 0 Å². The van der Waals surface area contributed by atoms with Gasteiger partial charge in [-0.05, 0) is 133 Å². The van der Waals surface area contributed by atoms with E-state index in [0.717, 1.165) is 27.5 Å². The zero-order valence-electron chi connectivity index (χ0n) is 33.2. The predicted molar refractivity (Wildman–Crippen MR) is 260 cm³/mol. The van der Waals surface area contributed by atoms with Crippen molar-refractivity contribution in [3.05, 3.63) is 218 Å². The molecule has 1 aromatic heterocycles. The third-order valence-electron chi connectivity index (χ3n) is 13.1. The summed E-state index contributed by atoms with van der Waals surface area (Å²) >= 11 is 0. The van der Waals surface area contributed by atoms with Crippen LogP contribution in [0, 0.1) is 0 Å². The average Bonchev–Trinajstić information content (AvgIpc) is 3.71. The maximum Gasteiger partial charge on any atom is 0.136 e. The summed E-state index contributed by atoms with van der Waals surface area (Å²) in [6.07, 6.45) is 0. The quantitative estimate of drug-likeness (QED) is 0.128. The highest BCUT2D eigenvalue weighted by Gasteiger charge is 2.21. The molecule has 12 aromatic carbocycles. The molecule has 1 heteroatoms. The Bertz CT molecular complexity index is 3850. The van der Waals surface area contributed by atoms with E-state index in [0.29, 0.717) is 0 Å². The smallest absolute Gasteiger partial charge is 0.136 e. The summed E-state index contributed by atoms with van der Waals surface area (Å²) < 4.78 is 6.35. The fourth-order valence-electron chi connectivity index (χ4n) is 10.4. The molecule has 0 saturated heterocycles. The minimum Gasteiger partial charge on any atom is -0.456 e. The van der Waals surface area contributed by atoms with Crippen LogP contribution in [-0.4, -0.2) is 0 Å². The Morgan fingerprint density at radius 1 is 0.197 bits per heavy atom. The molecule has 1 heterocycles. The van der Waals surface area contributed by atoms with Crippen molar-refractivity contribution in [1.82, 2.24) is 0 Å². The predicted octanol–water partition coefficient (Wildman–Crippen LogP) is 17.2. The molecule has 1 nitrogen and oxygen atoms in total. The largest absolute Gasteiger partial charge is 0.456 e. The molecule has 0 amide bonds. The lowest BCUT2D eigenvalue weighted by molar-refractivity contribution is 0.669. The van der Waals surface area contributed by atoms with Gasteiger partial charge in [0.25, 0.3) is 0 Å². The van der Waals surface area contributed by atoms with Gasteiger partial charge in [-0.15, -0.1) is 0 Å². The highest BCUT2D eigenvalue weighted by Crippen LogP contribution is 2.49. The van der Waals surface area contributed by atoms with Gasteiger partial charge in [0.05, 0.1) is 0 Å². The SMILES string of the molecule is c1ccc(-c2c3ccccc3c(-c3ccc(-c4ccc5c(c4)oc4ccccc45)c4ccccc34)c3ccccc23)c(-c2ccc3c4ccccc4c4ccccc4c3c2)c1. The molecule has 13 rings (SSSR count). The minimum atomic E-state index is 0.908. The Balaban J connectivity index is 1.03. The molecule has 0 aliphatic rings. The van der Waals surface area contributed by atoms with Gasteiger partial charge in [-0.2, -0.15) is 0 Å². The lowest BCUT2D eigenvalue weighted by Crippen LogP contribution is -1.94. The maximum atomic E-state index is 6.35. The number of hydrogen-bond donors (Lipinski definition) is 0. The zero-order chi connectivity index (χ0) is 40.0. The molecule has 13 aromatic rings. The summed E-state index contributed by atoms with van der Waals surface area (Å²) in [4.78, 5) is 0. The first-order chi connectivity index (χ1) is 30.3. The van der Waals surface area contributed by atoms with Crippen LogP contribution in [0.2, 0.25) is 0 Å². The van der Waals surface area contributed by atoms with Crippen LogP contribution in [0.5, 0.6) is 0 Å². The van der Waals surface area contributed by atoms with E-state index < -0.39 is 0 Å². The summed E-state index contributed by atoms with van der Waals surface area (Å²) in [6.45, 7) is 0. The first-order valence-electron chi connectivity index (χ1n) is 21.1. The van der Waals surface area contributed by atoms with E-state index in [4.69, 9.17) is 4.42 Å².